The Balaban J connectivity index is 1.76. The fourth-order valence-electron chi connectivity index (χ4n) is 3.32. The molecule has 1 heterocycles. The summed E-state index contributed by atoms with van der Waals surface area (Å²) in [4.78, 5) is 12.2. The first-order valence-electron chi connectivity index (χ1n) is 9.13. The molecule has 128 valence electrons. The highest BCUT2D eigenvalue weighted by Gasteiger charge is 2.15. The van der Waals surface area contributed by atoms with Gasteiger partial charge in [0.1, 0.15) is 0 Å². The van der Waals surface area contributed by atoms with Gasteiger partial charge in [-0.05, 0) is 68.7 Å². The first kappa shape index (κ1) is 18.0. The van der Waals surface area contributed by atoms with E-state index < -0.39 is 0 Å². The fourth-order valence-corrected chi connectivity index (χ4v) is 3.32. The zero-order valence-corrected chi connectivity index (χ0v) is 14.9. The number of hydrogen-bond acceptors (Lipinski definition) is 2. The molecule has 1 saturated heterocycles. The third kappa shape index (κ3) is 6.34. The molecule has 0 bridgehead atoms. The van der Waals surface area contributed by atoms with E-state index in [0.29, 0.717) is 18.3 Å². The van der Waals surface area contributed by atoms with Crippen LogP contribution in [0.1, 0.15) is 63.6 Å². The second kappa shape index (κ2) is 9.07. The number of hydrogen-bond donors (Lipinski definition) is 2. The summed E-state index contributed by atoms with van der Waals surface area (Å²) in [7, 11) is 0. The van der Waals surface area contributed by atoms with Gasteiger partial charge in [0, 0.05) is 6.42 Å². The van der Waals surface area contributed by atoms with E-state index in [1.807, 2.05) is 0 Å². The van der Waals surface area contributed by atoms with Crippen LogP contribution in [-0.2, 0) is 11.2 Å². The molecule has 2 rings (SSSR count). The van der Waals surface area contributed by atoms with Crippen molar-refractivity contribution in [3.8, 4) is 0 Å². The lowest BCUT2D eigenvalue weighted by Gasteiger charge is -2.22. The van der Waals surface area contributed by atoms with Gasteiger partial charge in [-0.2, -0.15) is 0 Å². The van der Waals surface area contributed by atoms with Gasteiger partial charge in [-0.3, -0.25) is 4.79 Å². The Morgan fingerprint density at radius 1 is 1.17 bits per heavy atom. The number of piperidine rings is 1. The molecule has 1 amide bonds. The molecule has 0 radical (unpaired) electrons. The quantitative estimate of drug-likeness (QED) is 0.802. The van der Waals surface area contributed by atoms with E-state index in [0.717, 1.165) is 25.9 Å². The number of benzene rings is 1. The first-order chi connectivity index (χ1) is 11.0. The molecule has 3 nitrogen and oxygen atoms in total. The molecule has 1 aromatic carbocycles. The topological polar surface area (TPSA) is 41.1 Å². The molecule has 1 atom stereocenters. The molecule has 0 aliphatic carbocycles. The van der Waals surface area contributed by atoms with Crippen LogP contribution in [0.5, 0.6) is 0 Å². The summed E-state index contributed by atoms with van der Waals surface area (Å²) >= 11 is 0. The van der Waals surface area contributed by atoms with Crippen LogP contribution in [0.15, 0.2) is 24.3 Å². The summed E-state index contributed by atoms with van der Waals surface area (Å²) in [5, 5.41) is 6.51. The average Bonchev–Trinajstić information content (AvgIpc) is 2.54. The second-order valence-corrected chi connectivity index (χ2v) is 7.36. The molecule has 0 aromatic heterocycles. The van der Waals surface area contributed by atoms with Crippen LogP contribution in [0.3, 0.4) is 0 Å². The summed E-state index contributed by atoms with van der Waals surface area (Å²) in [6, 6.07) is 8.76. The zero-order valence-electron chi connectivity index (χ0n) is 14.9. The van der Waals surface area contributed by atoms with E-state index in [4.69, 9.17) is 0 Å². The number of nitrogens with one attached hydrogen (secondary N) is 2. The predicted molar refractivity (Wildman–Crippen MR) is 96.4 cm³/mol. The number of amides is 1. The largest absolute Gasteiger partial charge is 0.350 e. The third-order valence-electron chi connectivity index (χ3n) is 4.74. The highest BCUT2D eigenvalue weighted by molar-refractivity contribution is 5.76. The Kier molecular flexibility index (Phi) is 7.10. The van der Waals surface area contributed by atoms with Gasteiger partial charge in [0.15, 0.2) is 0 Å². The number of carbonyl (C=O) groups excluding carboxylic acids is 1. The van der Waals surface area contributed by atoms with E-state index in [2.05, 4.69) is 55.7 Å². The number of carbonyl (C=O) groups is 1. The van der Waals surface area contributed by atoms with Gasteiger partial charge in [-0.15, -0.1) is 0 Å². The van der Waals surface area contributed by atoms with E-state index in [-0.39, 0.29) is 11.9 Å². The molecule has 1 aromatic rings. The van der Waals surface area contributed by atoms with Gasteiger partial charge in [-0.25, -0.2) is 0 Å². The van der Waals surface area contributed by atoms with Crippen molar-refractivity contribution in [2.75, 3.05) is 13.1 Å². The van der Waals surface area contributed by atoms with E-state index in [1.54, 1.807) is 0 Å². The summed E-state index contributed by atoms with van der Waals surface area (Å²) in [6.45, 7) is 8.75. The van der Waals surface area contributed by atoms with Gasteiger partial charge < -0.3 is 10.6 Å². The van der Waals surface area contributed by atoms with Crippen LogP contribution in [0.25, 0.3) is 0 Å². The molecule has 1 aliphatic rings. The lowest BCUT2D eigenvalue weighted by molar-refractivity contribution is -0.122. The molecule has 0 spiro atoms. The van der Waals surface area contributed by atoms with Crippen LogP contribution < -0.4 is 10.6 Å². The molecule has 2 N–H and O–H groups in total. The van der Waals surface area contributed by atoms with Gasteiger partial charge >= 0.3 is 0 Å². The minimum atomic E-state index is 0.0867. The van der Waals surface area contributed by atoms with Crippen LogP contribution >= 0.6 is 0 Å². The van der Waals surface area contributed by atoms with Gasteiger partial charge in [-0.1, -0.05) is 38.1 Å². The van der Waals surface area contributed by atoms with Crippen LogP contribution in [0.4, 0.5) is 0 Å². The van der Waals surface area contributed by atoms with Crippen molar-refractivity contribution in [3.05, 3.63) is 35.4 Å². The minimum Gasteiger partial charge on any atom is -0.350 e. The Bertz CT molecular complexity index is 475. The highest BCUT2D eigenvalue weighted by atomic mass is 16.1. The molecule has 1 fully saturated rings. The van der Waals surface area contributed by atoms with Crippen molar-refractivity contribution >= 4 is 5.91 Å². The van der Waals surface area contributed by atoms with Gasteiger partial charge in [0.2, 0.25) is 5.91 Å². The Morgan fingerprint density at radius 3 is 2.43 bits per heavy atom. The maximum atomic E-state index is 12.2. The zero-order chi connectivity index (χ0) is 16.7. The first-order valence-corrected chi connectivity index (χ1v) is 9.13. The van der Waals surface area contributed by atoms with Crippen molar-refractivity contribution in [2.24, 2.45) is 11.8 Å². The molecule has 3 heteroatoms. The third-order valence-corrected chi connectivity index (χ3v) is 4.74. The van der Waals surface area contributed by atoms with E-state index in [1.165, 1.54) is 24.0 Å². The summed E-state index contributed by atoms with van der Waals surface area (Å²) < 4.78 is 0. The minimum absolute atomic E-state index is 0.0867. The van der Waals surface area contributed by atoms with E-state index >= 15 is 0 Å². The number of rotatable bonds is 7. The highest BCUT2D eigenvalue weighted by Crippen LogP contribution is 2.19. The Morgan fingerprint density at radius 2 is 1.83 bits per heavy atom. The van der Waals surface area contributed by atoms with Crippen LogP contribution in [0, 0.1) is 11.8 Å². The van der Waals surface area contributed by atoms with Crippen LogP contribution in [-0.4, -0.2) is 19.0 Å². The summed E-state index contributed by atoms with van der Waals surface area (Å²) in [5.41, 5.74) is 2.56. The molecule has 23 heavy (non-hydrogen) atoms. The second-order valence-electron chi connectivity index (χ2n) is 7.36. The Labute approximate surface area is 141 Å². The maximum absolute atomic E-state index is 12.2. The normalized spacial score (nSPS) is 17.2. The average molecular weight is 316 g/mol. The lowest BCUT2D eigenvalue weighted by Crippen LogP contribution is -2.30. The molecule has 1 unspecified atom stereocenters. The van der Waals surface area contributed by atoms with Crippen molar-refractivity contribution in [3.63, 3.8) is 0 Å². The monoisotopic (exact) mass is 316 g/mol. The fraction of sp³-hybridized carbons (Fsp3) is 0.650. The smallest absolute Gasteiger partial charge is 0.220 e. The maximum Gasteiger partial charge on any atom is 0.220 e. The van der Waals surface area contributed by atoms with Crippen LogP contribution in [0.2, 0.25) is 0 Å². The van der Waals surface area contributed by atoms with Gasteiger partial charge in [0.25, 0.3) is 0 Å². The predicted octanol–water partition coefficient (Wildman–Crippen LogP) is 3.84. The molecule has 0 saturated carbocycles. The lowest BCUT2D eigenvalue weighted by atomic mass is 9.93. The molecule has 1 aliphatic heterocycles. The van der Waals surface area contributed by atoms with E-state index in [9.17, 15) is 4.79 Å². The van der Waals surface area contributed by atoms with Crippen molar-refractivity contribution in [1.82, 2.24) is 10.6 Å². The summed E-state index contributed by atoms with van der Waals surface area (Å²) in [5.74, 6) is 1.57. The van der Waals surface area contributed by atoms with Crippen molar-refractivity contribution in [1.29, 1.82) is 0 Å². The SMILES string of the molecule is CC(C)Cc1ccc(C(C)NC(=O)CCC2CCNCC2)cc1. The van der Waals surface area contributed by atoms with Crippen molar-refractivity contribution < 1.29 is 4.79 Å². The molecular weight excluding hydrogens is 284 g/mol. The molecular formula is C20H32N2O. The Hall–Kier alpha value is -1.35. The van der Waals surface area contributed by atoms with Gasteiger partial charge in [0.05, 0.1) is 6.04 Å². The van der Waals surface area contributed by atoms with Crippen molar-refractivity contribution in [2.45, 2.75) is 58.9 Å². The standard InChI is InChI=1S/C20H32N2O/c1-15(2)14-18-4-7-19(8-5-18)16(3)22-20(23)9-6-17-10-12-21-13-11-17/h4-5,7-8,15-17,21H,6,9-14H2,1-3H3,(H,22,23). The summed E-state index contributed by atoms with van der Waals surface area (Å²) in [6.07, 6.45) is 5.20.